The predicted octanol–water partition coefficient (Wildman–Crippen LogP) is 5.81. The summed E-state index contributed by atoms with van der Waals surface area (Å²) in [6.07, 6.45) is 7.66. The SMILES string of the molecule is COCC1CCCC2(C1)NC(=O)C(c1c(Cl)cc(C)c(C)c1C)=C2C.COCC1CCCC2(C1)NC(=O)C(c1c(Cl)cc(C)c(C)c1C)=C2O.[Na+].[OH-]. The van der Waals surface area contributed by atoms with Gasteiger partial charge in [-0.1, -0.05) is 36.0 Å². The molecule has 4 unspecified atom stereocenters. The second-order valence-electron chi connectivity index (χ2n) is 15.2. The van der Waals surface area contributed by atoms with Gasteiger partial charge in [0.1, 0.15) is 5.76 Å². The summed E-state index contributed by atoms with van der Waals surface area (Å²) in [4.78, 5) is 25.8. The number of halogens is 2. The maximum Gasteiger partial charge on any atom is 1.00 e. The van der Waals surface area contributed by atoms with Crippen LogP contribution in [0.15, 0.2) is 23.5 Å². The number of hydrogen-bond donors (Lipinski definition) is 3. The number of carbonyl (C=O) groups is 2. The number of nitrogens with one attached hydrogen (secondary N) is 2. The molecule has 0 bridgehead atoms. The molecule has 0 saturated heterocycles. The maximum absolute atomic E-state index is 13.0. The molecule has 280 valence electrons. The second kappa shape index (κ2) is 17.7. The van der Waals surface area contributed by atoms with Crippen LogP contribution in [0.25, 0.3) is 11.1 Å². The van der Waals surface area contributed by atoms with Gasteiger partial charge in [-0.2, -0.15) is 0 Å². The van der Waals surface area contributed by atoms with Gasteiger partial charge in [0.05, 0.1) is 16.7 Å². The molecule has 11 heteroatoms. The first-order valence-corrected chi connectivity index (χ1v) is 18.7. The maximum atomic E-state index is 13.0. The summed E-state index contributed by atoms with van der Waals surface area (Å²) in [5.41, 5.74) is 9.51. The molecule has 0 aromatic heterocycles. The molecular weight excluding hydrogens is 710 g/mol. The molecule has 2 heterocycles. The topological polar surface area (TPSA) is 127 Å². The first-order valence-electron chi connectivity index (χ1n) is 17.9. The zero-order valence-electron chi connectivity index (χ0n) is 32.7. The number of aliphatic hydroxyl groups is 1. The third-order valence-electron chi connectivity index (χ3n) is 12.2. The minimum Gasteiger partial charge on any atom is -0.870 e. The zero-order chi connectivity index (χ0) is 36.7. The largest absolute Gasteiger partial charge is 1.00 e. The van der Waals surface area contributed by atoms with E-state index in [9.17, 15) is 14.7 Å². The molecular formula is C41H55Cl2N2NaO6. The Kier molecular flexibility index (Phi) is 15.2. The van der Waals surface area contributed by atoms with Crippen molar-refractivity contribution in [2.75, 3.05) is 27.4 Å². The van der Waals surface area contributed by atoms with Crippen LogP contribution in [0.2, 0.25) is 10.0 Å². The molecule has 0 radical (unpaired) electrons. The Morgan fingerprint density at radius 2 is 1.12 bits per heavy atom. The molecule has 2 aliphatic carbocycles. The summed E-state index contributed by atoms with van der Waals surface area (Å²) < 4.78 is 10.7. The van der Waals surface area contributed by atoms with E-state index in [-0.39, 0.29) is 58.1 Å². The van der Waals surface area contributed by atoms with Gasteiger partial charge in [0.25, 0.3) is 11.8 Å². The summed E-state index contributed by atoms with van der Waals surface area (Å²) in [7, 11) is 3.44. The van der Waals surface area contributed by atoms with E-state index in [0.29, 0.717) is 46.0 Å². The van der Waals surface area contributed by atoms with E-state index < -0.39 is 5.54 Å². The van der Waals surface area contributed by atoms with Crippen LogP contribution in [-0.2, 0) is 19.1 Å². The van der Waals surface area contributed by atoms with Crippen LogP contribution < -0.4 is 40.2 Å². The third-order valence-corrected chi connectivity index (χ3v) is 12.8. The molecule has 2 amide bonds. The molecule has 4 N–H and O–H groups in total. The number of aryl methyl sites for hydroxylation is 2. The quantitative estimate of drug-likeness (QED) is 0.319. The molecule has 2 aliphatic heterocycles. The Labute approximate surface area is 342 Å². The van der Waals surface area contributed by atoms with Crippen LogP contribution in [0.3, 0.4) is 0 Å². The van der Waals surface area contributed by atoms with Crippen LogP contribution in [0, 0.1) is 53.4 Å². The van der Waals surface area contributed by atoms with Gasteiger partial charge in [-0.15, -0.1) is 0 Å². The third kappa shape index (κ3) is 8.20. The van der Waals surface area contributed by atoms with E-state index in [1.165, 1.54) is 5.56 Å². The van der Waals surface area contributed by atoms with E-state index in [1.807, 2.05) is 32.9 Å². The number of carbonyl (C=O) groups excluding carboxylic acids is 2. The van der Waals surface area contributed by atoms with Gasteiger partial charge in [-0.3, -0.25) is 9.59 Å². The molecule has 4 atom stereocenters. The number of aliphatic hydroxyl groups excluding tert-OH is 1. The van der Waals surface area contributed by atoms with Crippen LogP contribution in [0.1, 0.15) is 103 Å². The number of amides is 2. The van der Waals surface area contributed by atoms with Crippen molar-refractivity contribution in [2.45, 2.75) is 111 Å². The first-order chi connectivity index (χ1) is 23.6. The Balaban J connectivity index is 0.000000270. The zero-order valence-corrected chi connectivity index (χ0v) is 36.2. The molecule has 52 heavy (non-hydrogen) atoms. The Bertz CT molecular complexity index is 1640. The monoisotopic (exact) mass is 764 g/mol. The van der Waals surface area contributed by atoms with Gasteiger partial charge in [0.15, 0.2) is 0 Å². The van der Waals surface area contributed by atoms with Crippen molar-refractivity contribution in [3.05, 3.63) is 78.0 Å². The van der Waals surface area contributed by atoms with E-state index in [2.05, 4.69) is 38.3 Å². The Hall–Kier alpha value is -1.88. The van der Waals surface area contributed by atoms with Gasteiger partial charge in [-0.25, -0.2) is 0 Å². The van der Waals surface area contributed by atoms with Gasteiger partial charge in [0.2, 0.25) is 0 Å². The summed E-state index contributed by atoms with van der Waals surface area (Å²) in [6, 6.07) is 3.85. The summed E-state index contributed by atoms with van der Waals surface area (Å²) in [6.45, 7) is 15.7. The number of benzene rings is 2. The molecule has 2 aromatic rings. The molecule has 2 spiro atoms. The summed E-state index contributed by atoms with van der Waals surface area (Å²) in [5.74, 6) is 0.751. The number of rotatable bonds is 6. The number of methoxy groups -OCH3 is 2. The molecule has 2 saturated carbocycles. The number of ether oxygens (including phenoxy) is 2. The van der Waals surface area contributed by atoms with Crippen molar-refractivity contribution in [1.82, 2.24) is 10.6 Å². The molecule has 6 rings (SSSR count). The predicted molar refractivity (Wildman–Crippen MR) is 205 cm³/mol. The summed E-state index contributed by atoms with van der Waals surface area (Å²) in [5, 5.41) is 18.6. The minimum atomic E-state index is -0.678. The fraction of sp³-hybridized carbons (Fsp3) is 0.561. The average Bonchev–Trinajstić information content (AvgIpc) is 3.42. The molecule has 4 aliphatic rings. The van der Waals surface area contributed by atoms with Crippen LogP contribution in [0.5, 0.6) is 0 Å². The minimum absolute atomic E-state index is 0. The standard InChI is InChI=1S/C21H28ClNO2.C20H26ClNO3.Na.H2O/c1-12-9-17(22)18(14(3)13(12)2)19-15(4)21(23-20(19)24)8-6-7-16(10-21)11-25-5;1-11-8-15(21)16(13(3)12(11)2)17-18(23)20(22-19(17)24)7-5-6-14(9-20)10-25-4;;/h9,16H,6-8,10-11H2,1-5H3,(H,23,24);8,14,23H,5-7,9-10H2,1-4H3,(H,22,24);;1H2/q;;+1;/p-1. The molecule has 2 fully saturated rings. The average molecular weight is 766 g/mol. The van der Waals surface area contributed by atoms with Crippen molar-refractivity contribution in [2.24, 2.45) is 11.8 Å². The van der Waals surface area contributed by atoms with Crippen molar-refractivity contribution >= 4 is 46.2 Å². The van der Waals surface area contributed by atoms with Crippen molar-refractivity contribution in [3.63, 3.8) is 0 Å². The Morgan fingerprint density at radius 3 is 1.60 bits per heavy atom. The van der Waals surface area contributed by atoms with Crippen LogP contribution >= 0.6 is 23.2 Å². The van der Waals surface area contributed by atoms with Gasteiger partial charge in [0, 0.05) is 54.2 Å². The van der Waals surface area contributed by atoms with Gasteiger partial charge < -0.3 is 30.7 Å². The second-order valence-corrected chi connectivity index (χ2v) is 16.0. The van der Waals surface area contributed by atoms with E-state index in [0.717, 1.165) is 96.1 Å². The normalized spacial score (nSPS) is 25.4. The van der Waals surface area contributed by atoms with Crippen molar-refractivity contribution < 1.29 is 59.2 Å². The number of hydrogen-bond acceptors (Lipinski definition) is 6. The first kappa shape index (κ1) is 44.5. The Morgan fingerprint density at radius 1 is 0.712 bits per heavy atom. The van der Waals surface area contributed by atoms with E-state index in [1.54, 1.807) is 14.2 Å². The van der Waals surface area contributed by atoms with Crippen molar-refractivity contribution in [3.8, 4) is 0 Å². The van der Waals surface area contributed by atoms with Crippen LogP contribution in [-0.4, -0.2) is 60.9 Å². The van der Waals surface area contributed by atoms with E-state index >= 15 is 0 Å². The molecule has 8 nitrogen and oxygen atoms in total. The smallest absolute Gasteiger partial charge is 0.870 e. The van der Waals surface area contributed by atoms with E-state index in [4.69, 9.17) is 32.7 Å². The fourth-order valence-corrected chi connectivity index (χ4v) is 9.80. The van der Waals surface area contributed by atoms with Crippen molar-refractivity contribution in [1.29, 1.82) is 0 Å². The summed E-state index contributed by atoms with van der Waals surface area (Å²) >= 11 is 13.1. The van der Waals surface area contributed by atoms with Crippen LogP contribution in [0.4, 0.5) is 0 Å². The fourth-order valence-electron chi connectivity index (χ4n) is 9.00. The molecule has 2 aromatic carbocycles. The van der Waals surface area contributed by atoms with Gasteiger partial charge >= 0.3 is 29.6 Å². The van der Waals surface area contributed by atoms with Gasteiger partial charge in [-0.05, 0) is 150 Å².